The molecule has 1 atom stereocenters. The van der Waals surface area contributed by atoms with E-state index in [1.54, 1.807) is 18.0 Å². The summed E-state index contributed by atoms with van der Waals surface area (Å²) in [7, 11) is 1.78. The topological polar surface area (TPSA) is 74.9 Å². The average Bonchev–Trinajstić information content (AvgIpc) is 3.12. The van der Waals surface area contributed by atoms with Gasteiger partial charge in [0.25, 0.3) is 0 Å². The average molecular weight is 447 g/mol. The zero-order chi connectivity index (χ0) is 23.5. The van der Waals surface area contributed by atoms with Crippen LogP contribution in [-0.2, 0) is 11.4 Å². The molecule has 0 spiro atoms. The number of benzene rings is 2. The molecule has 3 aromatic rings. The van der Waals surface area contributed by atoms with E-state index in [-0.39, 0.29) is 17.7 Å². The Morgan fingerprint density at radius 2 is 1.94 bits per heavy atom. The van der Waals surface area contributed by atoms with Gasteiger partial charge in [0.2, 0.25) is 0 Å². The van der Waals surface area contributed by atoms with Crippen LogP contribution in [-0.4, -0.2) is 29.6 Å². The van der Waals surface area contributed by atoms with Gasteiger partial charge in [0.15, 0.2) is 0 Å². The number of aryl methyl sites for hydroxylation is 1. The summed E-state index contributed by atoms with van der Waals surface area (Å²) in [5, 5.41) is 13.9. The number of hydrogen-bond acceptors (Lipinski definition) is 5. The number of nitrogens with one attached hydrogen (secondary N) is 1. The fraction of sp³-hybridized carbons (Fsp3) is 0.296. The number of hydrogen-bond donors (Lipinski definition) is 2. The molecule has 1 aliphatic heterocycles. The van der Waals surface area contributed by atoms with Gasteiger partial charge in [-0.3, -0.25) is 0 Å². The van der Waals surface area contributed by atoms with Gasteiger partial charge in [-0.1, -0.05) is 44.2 Å². The number of aliphatic carboxylic acids is 1. The molecule has 0 bridgehead atoms. The number of allylic oxidation sites excluding steroid dienone is 2. The molecule has 0 saturated heterocycles. The molecule has 0 amide bonds. The SMILES string of the molecule is Cc1c(C(NC2=CC=C(C(=O)O)N(C)C2)C(C)C)oc2ccc(OCc3ccccc3)cc12. The highest BCUT2D eigenvalue weighted by atomic mass is 16.5. The van der Waals surface area contributed by atoms with Crippen molar-refractivity contribution in [3.8, 4) is 5.75 Å². The minimum atomic E-state index is -0.924. The third-order valence-corrected chi connectivity index (χ3v) is 5.96. The number of rotatable bonds is 8. The van der Waals surface area contributed by atoms with Crippen molar-refractivity contribution in [3.05, 3.63) is 89.0 Å². The molecule has 1 aliphatic rings. The van der Waals surface area contributed by atoms with Crippen LogP contribution in [0.2, 0.25) is 0 Å². The monoisotopic (exact) mass is 446 g/mol. The van der Waals surface area contributed by atoms with Gasteiger partial charge < -0.3 is 24.5 Å². The van der Waals surface area contributed by atoms with Crippen molar-refractivity contribution in [1.29, 1.82) is 0 Å². The summed E-state index contributed by atoms with van der Waals surface area (Å²) in [6, 6.07) is 16.0. The highest BCUT2D eigenvalue weighted by Gasteiger charge is 2.26. The second-order valence-electron chi connectivity index (χ2n) is 8.79. The van der Waals surface area contributed by atoms with Gasteiger partial charge in [0, 0.05) is 23.7 Å². The van der Waals surface area contributed by atoms with Crippen LogP contribution in [0.5, 0.6) is 5.75 Å². The van der Waals surface area contributed by atoms with E-state index in [0.29, 0.717) is 13.2 Å². The highest BCUT2D eigenvalue weighted by Crippen LogP contribution is 2.35. The lowest BCUT2D eigenvalue weighted by molar-refractivity contribution is -0.134. The Balaban J connectivity index is 1.57. The zero-order valence-electron chi connectivity index (χ0n) is 19.5. The molecule has 4 rings (SSSR count). The Labute approximate surface area is 194 Å². The fourth-order valence-electron chi connectivity index (χ4n) is 4.11. The molecule has 0 radical (unpaired) electrons. The molecule has 33 heavy (non-hydrogen) atoms. The Morgan fingerprint density at radius 3 is 2.61 bits per heavy atom. The Morgan fingerprint density at radius 1 is 1.18 bits per heavy atom. The number of ether oxygens (including phenoxy) is 1. The van der Waals surface area contributed by atoms with Gasteiger partial charge in [0.1, 0.15) is 29.4 Å². The molecular formula is C27H30N2O4. The lowest BCUT2D eigenvalue weighted by atomic mass is 9.97. The minimum absolute atomic E-state index is 0.0504. The third kappa shape index (κ3) is 4.90. The van der Waals surface area contributed by atoms with E-state index in [2.05, 4.69) is 26.1 Å². The van der Waals surface area contributed by atoms with E-state index in [1.165, 1.54) is 0 Å². The van der Waals surface area contributed by atoms with Crippen LogP contribution in [0.3, 0.4) is 0 Å². The maximum atomic E-state index is 11.3. The summed E-state index contributed by atoms with van der Waals surface area (Å²) < 4.78 is 12.3. The highest BCUT2D eigenvalue weighted by molar-refractivity contribution is 5.86. The van der Waals surface area contributed by atoms with Gasteiger partial charge >= 0.3 is 5.97 Å². The Bertz CT molecular complexity index is 1210. The predicted octanol–water partition coefficient (Wildman–Crippen LogP) is 5.40. The van der Waals surface area contributed by atoms with Gasteiger partial charge in [-0.2, -0.15) is 0 Å². The molecule has 1 unspecified atom stereocenters. The lowest BCUT2D eigenvalue weighted by Gasteiger charge is -2.29. The third-order valence-electron chi connectivity index (χ3n) is 5.96. The molecule has 0 saturated carbocycles. The summed E-state index contributed by atoms with van der Waals surface area (Å²) in [5.74, 6) is 1.02. The molecular weight excluding hydrogens is 416 g/mol. The minimum Gasteiger partial charge on any atom is -0.489 e. The summed E-state index contributed by atoms with van der Waals surface area (Å²) in [6.45, 7) is 7.37. The quantitative estimate of drug-likeness (QED) is 0.482. The number of carboxylic acids is 1. The molecule has 2 heterocycles. The molecule has 6 nitrogen and oxygen atoms in total. The van der Waals surface area contributed by atoms with Gasteiger partial charge in [-0.15, -0.1) is 0 Å². The van der Waals surface area contributed by atoms with Crippen molar-refractivity contribution in [1.82, 2.24) is 10.2 Å². The molecule has 0 aliphatic carbocycles. The first-order valence-electron chi connectivity index (χ1n) is 11.1. The van der Waals surface area contributed by atoms with E-state index in [0.717, 1.165) is 39.3 Å². The first-order chi connectivity index (χ1) is 15.8. The second-order valence-corrected chi connectivity index (χ2v) is 8.79. The first kappa shape index (κ1) is 22.5. The maximum Gasteiger partial charge on any atom is 0.352 e. The normalized spacial score (nSPS) is 14.8. The second kappa shape index (κ2) is 9.45. The zero-order valence-corrected chi connectivity index (χ0v) is 19.5. The number of carbonyl (C=O) groups is 1. The van der Waals surface area contributed by atoms with Crippen molar-refractivity contribution >= 4 is 16.9 Å². The lowest BCUT2D eigenvalue weighted by Crippen LogP contribution is -2.35. The van der Waals surface area contributed by atoms with E-state index in [1.807, 2.05) is 54.6 Å². The molecule has 2 N–H and O–H groups in total. The van der Waals surface area contributed by atoms with Crippen molar-refractivity contribution in [2.24, 2.45) is 5.92 Å². The van der Waals surface area contributed by atoms with Gasteiger partial charge in [0.05, 0.1) is 12.6 Å². The molecule has 6 heteroatoms. The standard InChI is InChI=1S/C27H30N2O4/c1-17(2)25(28-20-10-12-23(27(30)31)29(4)15-20)26-18(3)22-14-21(11-13-24(22)33-26)32-16-19-8-6-5-7-9-19/h5-14,17,25,28H,15-16H2,1-4H3,(H,30,31). The van der Waals surface area contributed by atoms with E-state index < -0.39 is 5.97 Å². The van der Waals surface area contributed by atoms with E-state index in [4.69, 9.17) is 9.15 Å². The number of likely N-dealkylation sites (N-methyl/N-ethyl adjacent to an activating group) is 1. The Kier molecular flexibility index (Phi) is 6.45. The summed E-state index contributed by atoms with van der Waals surface area (Å²) in [6.07, 6.45) is 3.47. The smallest absolute Gasteiger partial charge is 0.352 e. The molecule has 1 aromatic heterocycles. The largest absolute Gasteiger partial charge is 0.489 e. The van der Waals surface area contributed by atoms with Crippen LogP contribution in [0.4, 0.5) is 0 Å². The van der Waals surface area contributed by atoms with Crippen LogP contribution < -0.4 is 10.1 Å². The molecule has 172 valence electrons. The molecule has 0 fully saturated rings. The van der Waals surface area contributed by atoms with E-state index in [9.17, 15) is 9.90 Å². The number of fused-ring (bicyclic) bond motifs is 1. The Hall–Kier alpha value is -3.67. The van der Waals surface area contributed by atoms with Crippen LogP contribution >= 0.6 is 0 Å². The van der Waals surface area contributed by atoms with Crippen LogP contribution in [0.15, 0.2) is 76.5 Å². The van der Waals surface area contributed by atoms with Crippen molar-refractivity contribution in [3.63, 3.8) is 0 Å². The maximum absolute atomic E-state index is 11.3. The van der Waals surface area contributed by atoms with Crippen LogP contribution in [0.25, 0.3) is 11.0 Å². The van der Waals surface area contributed by atoms with E-state index >= 15 is 0 Å². The summed E-state index contributed by atoms with van der Waals surface area (Å²) in [5.41, 5.74) is 4.26. The van der Waals surface area contributed by atoms with Gasteiger partial charge in [-0.05, 0) is 48.8 Å². The summed E-state index contributed by atoms with van der Waals surface area (Å²) >= 11 is 0. The van der Waals surface area contributed by atoms with Crippen molar-refractivity contribution < 1.29 is 19.1 Å². The number of furan rings is 1. The number of carboxylic acid groups (broad SMARTS) is 1. The predicted molar refractivity (Wildman–Crippen MR) is 129 cm³/mol. The van der Waals surface area contributed by atoms with Crippen molar-refractivity contribution in [2.45, 2.75) is 33.4 Å². The molecule has 2 aromatic carbocycles. The van der Waals surface area contributed by atoms with Crippen LogP contribution in [0, 0.1) is 12.8 Å². The summed E-state index contributed by atoms with van der Waals surface area (Å²) in [4.78, 5) is 13.1. The fourth-order valence-corrected chi connectivity index (χ4v) is 4.11. The number of nitrogens with zero attached hydrogens (tertiary/aromatic N) is 1. The van der Waals surface area contributed by atoms with Crippen LogP contribution in [0.1, 0.15) is 36.8 Å². The van der Waals surface area contributed by atoms with Gasteiger partial charge in [-0.25, -0.2) is 4.79 Å². The first-order valence-corrected chi connectivity index (χ1v) is 11.1. The van der Waals surface area contributed by atoms with Crippen molar-refractivity contribution in [2.75, 3.05) is 13.6 Å².